The third-order valence-electron chi connectivity index (χ3n) is 6.06. The zero-order chi connectivity index (χ0) is 19.0. The van der Waals surface area contributed by atoms with E-state index in [0.717, 1.165) is 35.5 Å². The highest BCUT2D eigenvalue weighted by Crippen LogP contribution is 2.45. The number of carboxylic acids is 1. The van der Waals surface area contributed by atoms with Gasteiger partial charge in [0.2, 0.25) is 0 Å². The predicted octanol–water partition coefficient (Wildman–Crippen LogP) is 2.41. The van der Waals surface area contributed by atoms with Crippen LogP contribution in [0.5, 0.6) is 11.5 Å². The lowest BCUT2D eigenvalue weighted by Crippen LogP contribution is -2.56. The van der Waals surface area contributed by atoms with Gasteiger partial charge in [-0.05, 0) is 36.5 Å². The van der Waals surface area contributed by atoms with Crippen molar-refractivity contribution >= 4 is 12.0 Å². The number of para-hydroxylation sites is 1. The number of carboxylic acid groups (broad SMARTS) is 1. The average molecular weight is 373 g/mol. The molecule has 0 spiro atoms. The minimum absolute atomic E-state index is 0.391. The van der Waals surface area contributed by atoms with E-state index in [-0.39, 0.29) is 0 Å². The number of nitrogens with zero attached hydrogens (tertiary/aromatic N) is 1. The summed E-state index contributed by atoms with van der Waals surface area (Å²) in [7, 11) is 1.63. The second-order valence-electron chi connectivity index (χ2n) is 8.09. The first kappa shape index (κ1) is 18.3. The summed E-state index contributed by atoms with van der Waals surface area (Å²) in [4.78, 5) is 14.2. The third kappa shape index (κ3) is 3.56. The van der Waals surface area contributed by atoms with Gasteiger partial charge in [0, 0.05) is 25.2 Å². The fraction of sp³-hybridized carbons (Fsp3) is 0.571. The molecule has 2 heterocycles. The molecule has 3 aliphatic rings. The van der Waals surface area contributed by atoms with Crippen molar-refractivity contribution in [3.05, 3.63) is 29.3 Å². The highest BCUT2D eigenvalue weighted by molar-refractivity contribution is 5.76. The zero-order valence-corrected chi connectivity index (χ0v) is 15.7. The maximum absolute atomic E-state index is 12.1. The Morgan fingerprint density at radius 2 is 2.19 bits per heavy atom. The molecule has 2 atom stereocenters. The summed E-state index contributed by atoms with van der Waals surface area (Å²) < 4.78 is 11.3. The van der Waals surface area contributed by atoms with Crippen LogP contribution in [0.2, 0.25) is 0 Å². The summed E-state index contributed by atoms with van der Waals surface area (Å²) in [5.41, 5.74) is 1.05. The van der Waals surface area contributed by atoms with E-state index in [1.165, 1.54) is 0 Å². The smallest absolute Gasteiger partial charge is 0.313 e. The van der Waals surface area contributed by atoms with Gasteiger partial charge in [0.1, 0.15) is 12.0 Å². The Morgan fingerprint density at radius 3 is 2.89 bits per heavy atom. The molecule has 2 aliphatic heterocycles. The summed E-state index contributed by atoms with van der Waals surface area (Å²) in [5, 5.41) is 20.4. The first-order valence-electron chi connectivity index (χ1n) is 9.65. The van der Waals surface area contributed by atoms with Crippen LogP contribution in [0.1, 0.15) is 31.2 Å². The Labute approximate surface area is 159 Å². The van der Waals surface area contributed by atoms with Crippen molar-refractivity contribution in [2.24, 2.45) is 11.3 Å². The van der Waals surface area contributed by atoms with Crippen molar-refractivity contribution in [1.29, 1.82) is 0 Å². The number of benzene rings is 1. The Balaban J connectivity index is 1.51. The normalized spacial score (nSPS) is 28.1. The summed E-state index contributed by atoms with van der Waals surface area (Å²) in [6.45, 7) is 2.21. The molecule has 0 bridgehead atoms. The molecular weight excluding hydrogens is 346 g/mol. The minimum Gasteiger partial charge on any atom is -0.493 e. The number of methoxy groups -OCH3 is 1. The Morgan fingerprint density at radius 1 is 1.37 bits per heavy atom. The lowest BCUT2D eigenvalue weighted by Gasteiger charge is -2.44. The molecule has 0 amide bonds. The number of ether oxygens (including phenoxy) is 2. The van der Waals surface area contributed by atoms with Crippen LogP contribution in [0.3, 0.4) is 0 Å². The van der Waals surface area contributed by atoms with E-state index in [4.69, 9.17) is 9.47 Å². The molecular formula is C21H27NO5. The van der Waals surface area contributed by atoms with Crippen LogP contribution < -0.4 is 9.47 Å². The number of aliphatic hydroxyl groups excluding tert-OH is 1. The van der Waals surface area contributed by atoms with E-state index in [1.54, 1.807) is 7.11 Å². The minimum atomic E-state index is -1.05. The fourth-order valence-corrected chi connectivity index (χ4v) is 4.40. The van der Waals surface area contributed by atoms with Crippen LogP contribution in [0.4, 0.5) is 0 Å². The van der Waals surface area contributed by atoms with Gasteiger partial charge in [0.15, 0.2) is 11.5 Å². The molecule has 0 aromatic heterocycles. The number of rotatable bonds is 6. The number of likely N-dealkylation sites (tertiary alicyclic amines) is 1. The van der Waals surface area contributed by atoms with Crippen LogP contribution in [0.15, 0.2) is 23.8 Å². The summed E-state index contributed by atoms with van der Waals surface area (Å²) in [6.07, 6.45) is 4.58. The quantitative estimate of drug-likeness (QED) is 0.797. The van der Waals surface area contributed by atoms with Crippen molar-refractivity contribution in [2.45, 2.75) is 31.8 Å². The first-order chi connectivity index (χ1) is 13.0. The molecule has 2 N–H and O–H groups in total. The maximum Gasteiger partial charge on any atom is 0.313 e. The van der Waals surface area contributed by atoms with Gasteiger partial charge in [-0.1, -0.05) is 25.0 Å². The monoisotopic (exact) mass is 373 g/mol. The molecule has 2 fully saturated rings. The molecule has 6 heteroatoms. The van der Waals surface area contributed by atoms with Gasteiger partial charge in [-0.15, -0.1) is 0 Å². The molecule has 0 unspecified atom stereocenters. The summed E-state index contributed by atoms with van der Waals surface area (Å²) in [5.74, 6) is 1.06. The molecule has 1 aliphatic carbocycles. The van der Waals surface area contributed by atoms with E-state index < -0.39 is 17.5 Å². The third-order valence-corrected chi connectivity index (χ3v) is 6.06. The molecule has 146 valence electrons. The van der Waals surface area contributed by atoms with Gasteiger partial charge >= 0.3 is 5.97 Å². The van der Waals surface area contributed by atoms with Gasteiger partial charge in [0.05, 0.1) is 13.2 Å². The number of hydrogen-bond acceptors (Lipinski definition) is 5. The second kappa shape index (κ2) is 7.17. The van der Waals surface area contributed by atoms with E-state index in [2.05, 4.69) is 11.0 Å². The van der Waals surface area contributed by atoms with Crippen molar-refractivity contribution < 1.29 is 24.5 Å². The van der Waals surface area contributed by atoms with Crippen molar-refractivity contribution in [1.82, 2.24) is 4.90 Å². The van der Waals surface area contributed by atoms with Crippen LogP contribution in [-0.2, 0) is 4.79 Å². The van der Waals surface area contributed by atoms with Crippen LogP contribution >= 0.6 is 0 Å². The number of aliphatic hydroxyl groups is 1. The average Bonchev–Trinajstić information content (AvgIpc) is 3.47. The van der Waals surface area contributed by atoms with Crippen molar-refractivity contribution in [3.8, 4) is 11.5 Å². The van der Waals surface area contributed by atoms with Crippen molar-refractivity contribution in [2.75, 3.05) is 33.4 Å². The Bertz CT molecular complexity index is 757. The van der Waals surface area contributed by atoms with E-state index in [9.17, 15) is 15.0 Å². The number of hydrogen-bond donors (Lipinski definition) is 2. The maximum atomic E-state index is 12.1. The number of fused-ring (bicyclic) bond motifs is 1. The Kier molecular flexibility index (Phi) is 4.86. The summed E-state index contributed by atoms with van der Waals surface area (Å²) in [6, 6.07) is 5.80. The summed E-state index contributed by atoms with van der Waals surface area (Å²) >= 11 is 0. The highest BCUT2D eigenvalue weighted by Gasteiger charge is 2.51. The van der Waals surface area contributed by atoms with Gasteiger partial charge in [-0.2, -0.15) is 0 Å². The SMILES string of the molecule is COc1cccc2c1OCC(CN1CC[C@@H](O)[C@](CC3CC3)(C(=O)O)C1)=C2. The van der Waals surface area contributed by atoms with Gasteiger partial charge in [-0.3, -0.25) is 9.69 Å². The lowest BCUT2D eigenvalue weighted by atomic mass is 9.73. The van der Waals surface area contributed by atoms with E-state index >= 15 is 0 Å². The molecule has 27 heavy (non-hydrogen) atoms. The zero-order valence-electron chi connectivity index (χ0n) is 15.7. The molecule has 6 nitrogen and oxygen atoms in total. The number of carbonyl (C=O) groups is 1. The van der Waals surface area contributed by atoms with Crippen LogP contribution in [0, 0.1) is 11.3 Å². The first-order valence-corrected chi connectivity index (χ1v) is 9.65. The standard InChI is InChI=1S/C21H27NO5/c1-26-17-4-2-3-16-9-15(12-27-19(16)17)11-22-8-7-18(23)21(13-22,20(24)25)10-14-5-6-14/h2-4,9,14,18,23H,5-8,10-13H2,1H3,(H,24,25)/t18-,21-/m1/s1. The van der Waals surface area contributed by atoms with Crippen molar-refractivity contribution in [3.63, 3.8) is 0 Å². The number of aliphatic carboxylic acids is 1. The lowest BCUT2D eigenvalue weighted by molar-refractivity contribution is -0.164. The van der Waals surface area contributed by atoms with E-state index in [0.29, 0.717) is 45.0 Å². The van der Waals surface area contributed by atoms with Gasteiger partial charge < -0.3 is 19.7 Å². The molecule has 0 radical (unpaired) electrons. The van der Waals surface area contributed by atoms with Crippen LogP contribution in [0.25, 0.3) is 6.08 Å². The van der Waals surface area contributed by atoms with Gasteiger partial charge in [-0.25, -0.2) is 0 Å². The number of piperidine rings is 1. The highest BCUT2D eigenvalue weighted by atomic mass is 16.5. The topological polar surface area (TPSA) is 79.2 Å². The molecule has 1 saturated carbocycles. The molecule has 1 aromatic rings. The second-order valence-corrected chi connectivity index (χ2v) is 8.09. The molecule has 1 aromatic carbocycles. The van der Waals surface area contributed by atoms with Gasteiger partial charge in [0.25, 0.3) is 0 Å². The Hall–Kier alpha value is -2.05. The predicted molar refractivity (Wildman–Crippen MR) is 101 cm³/mol. The molecule has 4 rings (SSSR count). The molecule has 1 saturated heterocycles. The van der Waals surface area contributed by atoms with E-state index in [1.807, 2.05) is 18.2 Å². The fourth-order valence-electron chi connectivity index (χ4n) is 4.40. The largest absolute Gasteiger partial charge is 0.493 e. The van der Waals surface area contributed by atoms with Crippen LogP contribution in [-0.4, -0.2) is 60.5 Å².